The number of hydrogen-bond acceptors (Lipinski definition) is 3. The number of nitrogens with one attached hydrogen (secondary N) is 1. The van der Waals surface area contributed by atoms with Crippen molar-refractivity contribution >= 4 is 5.91 Å². The van der Waals surface area contributed by atoms with Gasteiger partial charge in [0.05, 0.1) is 18.8 Å². The fourth-order valence-corrected chi connectivity index (χ4v) is 9.41. The lowest BCUT2D eigenvalue weighted by molar-refractivity contribution is -0.123. The molecule has 0 aromatic rings. The lowest BCUT2D eigenvalue weighted by Gasteiger charge is -2.20. The first kappa shape index (κ1) is 62.9. The first-order valence-electron chi connectivity index (χ1n) is 29.6. The Balaban J connectivity index is 3.45. The molecule has 1 amide bonds. The number of amides is 1. The predicted octanol–water partition coefficient (Wildman–Crippen LogP) is 19.5. The van der Waals surface area contributed by atoms with E-state index in [1.807, 2.05) is 6.08 Å². The molecule has 64 heavy (non-hydrogen) atoms. The Morgan fingerprint density at radius 1 is 0.359 bits per heavy atom. The molecule has 0 bridgehead atoms. The van der Waals surface area contributed by atoms with Crippen LogP contribution in [0.3, 0.4) is 0 Å². The van der Waals surface area contributed by atoms with Crippen LogP contribution in [0, 0.1) is 0 Å². The van der Waals surface area contributed by atoms with E-state index >= 15 is 0 Å². The Hall–Kier alpha value is -1.13. The number of allylic oxidation sites excluding steroid dienone is 3. The molecule has 0 aliphatic heterocycles. The molecule has 380 valence electrons. The minimum absolute atomic E-state index is 0.0569. The number of aliphatic hydroxyl groups is 2. The molecule has 0 saturated heterocycles. The van der Waals surface area contributed by atoms with Gasteiger partial charge in [-0.1, -0.05) is 308 Å². The maximum Gasteiger partial charge on any atom is 0.220 e. The van der Waals surface area contributed by atoms with Crippen molar-refractivity contribution in [3.63, 3.8) is 0 Å². The van der Waals surface area contributed by atoms with Gasteiger partial charge in [0, 0.05) is 6.42 Å². The second-order valence-electron chi connectivity index (χ2n) is 20.4. The monoisotopic (exact) mass is 900 g/mol. The maximum atomic E-state index is 12.5. The average molecular weight is 901 g/mol. The molecule has 0 spiro atoms. The van der Waals surface area contributed by atoms with Crippen molar-refractivity contribution < 1.29 is 15.0 Å². The fraction of sp³-hybridized carbons (Fsp3) is 0.917. The van der Waals surface area contributed by atoms with Gasteiger partial charge in [-0.05, 0) is 44.9 Å². The molecule has 0 heterocycles. The molecule has 3 N–H and O–H groups in total. The normalized spacial score (nSPS) is 12.9. The van der Waals surface area contributed by atoms with Crippen molar-refractivity contribution in [1.29, 1.82) is 0 Å². The van der Waals surface area contributed by atoms with Gasteiger partial charge in [0.25, 0.3) is 0 Å². The van der Waals surface area contributed by atoms with Crippen LogP contribution in [-0.2, 0) is 4.79 Å². The highest BCUT2D eigenvalue weighted by Crippen LogP contribution is 2.18. The Morgan fingerprint density at radius 3 is 0.859 bits per heavy atom. The van der Waals surface area contributed by atoms with E-state index in [0.717, 1.165) is 25.7 Å². The first-order chi connectivity index (χ1) is 31.7. The molecule has 2 unspecified atom stereocenters. The number of aliphatic hydroxyl groups excluding tert-OH is 2. The highest BCUT2D eigenvalue weighted by Gasteiger charge is 2.18. The summed E-state index contributed by atoms with van der Waals surface area (Å²) in [5.74, 6) is -0.0569. The SMILES string of the molecule is CCCCCCCCCC/C=C\CCCCCCCCCCCCCCCCCCCC(=O)NC(CO)C(O)/C=C/CCCCCCCCCCCCCCCCCCCCCCC. The summed E-state index contributed by atoms with van der Waals surface area (Å²) in [4.78, 5) is 12.5. The van der Waals surface area contributed by atoms with Crippen molar-refractivity contribution in [2.24, 2.45) is 0 Å². The molecule has 0 saturated carbocycles. The highest BCUT2D eigenvalue weighted by molar-refractivity contribution is 5.76. The number of carbonyl (C=O) groups excluding carboxylic acids is 1. The van der Waals surface area contributed by atoms with Gasteiger partial charge in [-0.2, -0.15) is 0 Å². The molecule has 2 atom stereocenters. The minimum Gasteiger partial charge on any atom is -0.394 e. The molecule has 0 aliphatic rings. The molecule has 0 rings (SSSR count). The Morgan fingerprint density at radius 2 is 0.594 bits per heavy atom. The van der Waals surface area contributed by atoms with Gasteiger partial charge in [-0.3, -0.25) is 4.79 Å². The minimum atomic E-state index is -0.837. The Kier molecular flexibility index (Phi) is 55.2. The van der Waals surface area contributed by atoms with Gasteiger partial charge in [-0.15, -0.1) is 0 Å². The summed E-state index contributed by atoms with van der Waals surface area (Å²) in [6, 6.07) is -0.620. The third-order valence-electron chi connectivity index (χ3n) is 13.9. The molecule has 4 heteroatoms. The van der Waals surface area contributed by atoms with Crippen LogP contribution in [0.4, 0.5) is 0 Å². The lowest BCUT2D eigenvalue weighted by atomic mass is 10.0. The van der Waals surface area contributed by atoms with Crippen molar-refractivity contribution in [2.45, 2.75) is 347 Å². The van der Waals surface area contributed by atoms with Crippen LogP contribution in [0.25, 0.3) is 0 Å². The number of hydrogen-bond donors (Lipinski definition) is 3. The summed E-state index contributed by atoms with van der Waals surface area (Å²) in [6.45, 7) is 4.35. The second kappa shape index (κ2) is 56.2. The zero-order chi connectivity index (χ0) is 46.3. The highest BCUT2D eigenvalue weighted by atomic mass is 16.3. The molecule has 0 fully saturated rings. The van der Waals surface area contributed by atoms with Gasteiger partial charge in [0.15, 0.2) is 0 Å². The molecular formula is C60H117NO3. The summed E-state index contributed by atoms with van der Waals surface area (Å²) in [6.07, 6.45) is 75.0. The average Bonchev–Trinajstić information content (AvgIpc) is 3.30. The van der Waals surface area contributed by atoms with Crippen LogP contribution < -0.4 is 5.32 Å². The summed E-state index contributed by atoms with van der Waals surface area (Å²) in [5.41, 5.74) is 0. The van der Waals surface area contributed by atoms with Crippen LogP contribution in [0.5, 0.6) is 0 Å². The van der Waals surface area contributed by atoms with E-state index in [0.29, 0.717) is 6.42 Å². The standard InChI is InChI=1S/C60H117NO3/c1-3-5-7-9-11-13-15-17-19-21-23-25-27-28-29-30-31-32-34-36-38-40-42-44-46-48-50-52-54-56-60(64)61-58(57-62)59(63)55-53-51-49-47-45-43-41-39-37-35-33-26-24-22-20-18-16-14-12-10-8-6-4-2/h21,23,53,55,58-59,62-63H,3-20,22,24-52,54,56-57H2,1-2H3,(H,61,64)/b23-21-,55-53+. The number of carbonyl (C=O) groups is 1. The van der Waals surface area contributed by atoms with E-state index in [-0.39, 0.29) is 12.5 Å². The quantitative estimate of drug-likeness (QED) is 0.0421. The molecule has 0 aliphatic carbocycles. The topological polar surface area (TPSA) is 69.6 Å². The van der Waals surface area contributed by atoms with Crippen LogP contribution in [0.15, 0.2) is 24.3 Å². The summed E-state index contributed by atoms with van der Waals surface area (Å²) in [7, 11) is 0. The third kappa shape index (κ3) is 51.8. The van der Waals surface area contributed by atoms with E-state index in [1.54, 1.807) is 6.08 Å². The number of rotatable bonds is 55. The van der Waals surface area contributed by atoms with Crippen LogP contribution in [0.2, 0.25) is 0 Å². The van der Waals surface area contributed by atoms with Gasteiger partial charge in [-0.25, -0.2) is 0 Å². The lowest BCUT2D eigenvalue weighted by Crippen LogP contribution is -2.45. The molecule has 0 aromatic carbocycles. The molecule has 0 radical (unpaired) electrons. The second-order valence-corrected chi connectivity index (χ2v) is 20.4. The molecular weight excluding hydrogens is 783 g/mol. The Bertz CT molecular complexity index is 932. The van der Waals surface area contributed by atoms with E-state index in [1.165, 1.54) is 289 Å². The van der Waals surface area contributed by atoms with Crippen molar-refractivity contribution in [1.82, 2.24) is 5.32 Å². The van der Waals surface area contributed by atoms with Crippen molar-refractivity contribution in [3.8, 4) is 0 Å². The zero-order valence-corrected chi connectivity index (χ0v) is 43.8. The summed E-state index contributed by atoms with van der Waals surface area (Å²) < 4.78 is 0. The van der Waals surface area contributed by atoms with Crippen LogP contribution in [-0.4, -0.2) is 34.9 Å². The van der Waals surface area contributed by atoms with E-state index in [2.05, 4.69) is 31.3 Å². The third-order valence-corrected chi connectivity index (χ3v) is 13.9. The molecule has 0 aromatic heterocycles. The molecule has 4 nitrogen and oxygen atoms in total. The number of unbranched alkanes of at least 4 members (excludes halogenated alkanes) is 46. The van der Waals surface area contributed by atoms with Gasteiger partial charge in [0.2, 0.25) is 5.91 Å². The van der Waals surface area contributed by atoms with Gasteiger partial charge >= 0.3 is 0 Å². The van der Waals surface area contributed by atoms with E-state index in [9.17, 15) is 15.0 Å². The Labute approximate surface area is 402 Å². The fourth-order valence-electron chi connectivity index (χ4n) is 9.41. The van der Waals surface area contributed by atoms with Crippen molar-refractivity contribution in [3.05, 3.63) is 24.3 Å². The van der Waals surface area contributed by atoms with Gasteiger partial charge in [0.1, 0.15) is 0 Å². The smallest absolute Gasteiger partial charge is 0.220 e. The first-order valence-corrected chi connectivity index (χ1v) is 29.6. The van der Waals surface area contributed by atoms with Crippen LogP contribution >= 0.6 is 0 Å². The maximum absolute atomic E-state index is 12.5. The largest absolute Gasteiger partial charge is 0.394 e. The predicted molar refractivity (Wildman–Crippen MR) is 286 cm³/mol. The van der Waals surface area contributed by atoms with E-state index in [4.69, 9.17) is 0 Å². The van der Waals surface area contributed by atoms with Crippen LogP contribution in [0.1, 0.15) is 335 Å². The zero-order valence-electron chi connectivity index (χ0n) is 43.8. The van der Waals surface area contributed by atoms with Crippen molar-refractivity contribution in [2.75, 3.05) is 6.61 Å². The van der Waals surface area contributed by atoms with Gasteiger partial charge < -0.3 is 15.5 Å². The summed E-state index contributed by atoms with van der Waals surface area (Å²) in [5, 5.41) is 23.2. The summed E-state index contributed by atoms with van der Waals surface area (Å²) >= 11 is 0. The van der Waals surface area contributed by atoms with E-state index < -0.39 is 12.1 Å².